The molecule has 0 aliphatic carbocycles. The van der Waals surface area contributed by atoms with E-state index in [9.17, 15) is 4.79 Å². The maximum Gasteiger partial charge on any atom is 0.255 e. The molecule has 0 bridgehead atoms. The summed E-state index contributed by atoms with van der Waals surface area (Å²) in [6.45, 7) is 4.98. The number of amides is 1. The van der Waals surface area contributed by atoms with Gasteiger partial charge in [-0.1, -0.05) is 38.1 Å². The van der Waals surface area contributed by atoms with Crippen LogP contribution in [-0.4, -0.2) is 31.5 Å². The van der Waals surface area contributed by atoms with Crippen LogP contribution in [0.15, 0.2) is 42.6 Å². The molecule has 0 aliphatic heterocycles. The molecule has 1 N–H and O–H groups in total. The fourth-order valence-electron chi connectivity index (χ4n) is 2.42. The zero-order chi connectivity index (χ0) is 16.8. The highest BCUT2D eigenvalue weighted by molar-refractivity contribution is 5.98. The van der Waals surface area contributed by atoms with E-state index in [0.29, 0.717) is 23.8 Å². The Morgan fingerprint density at radius 2 is 1.87 bits per heavy atom. The molecule has 0 fully saturated rings. The van der Waals surface area contributed by atoms with Gasteiger partial charge in [0, 0.05) is 26.8 Å². The predicted octanol–water partition coefficient (Wildman–Crippen LogP) is 3.24. The SMILES string of the molecule is CC(C)c1ccc(CCNC(=O)c2cccnc2N(C)C)cc1. The van der Waals surface area contributed by atoms with Crippen LogP contribution in [-0.2, 0) is 6.42 Å². The Bertz CT molecular complexity index is 648. The van der Waals surface area contributed by atoms with Crippen molar-refractivity contribution in [3.63, 3.8) is 0 Å². The molecule has 23 heavy (non-hydrogen) atoms. The van der Waals surface area contributed by atoms with E-state index >= 15 is 0 Å². The molecule has 4 nitrogen and oxygen atoms in total. The zero-order valence-electron chi connectivity index (χ0n) is 14.3. The molecule has 1 heterocycles. The van der Waals surface area contributed by atoms with Gasteiger partial charge in [0.1, 0.15) is 5.82 Å². The van der Waals surface area contributed by atoms with Crippen molar-refractivity contribution in [3.8, 4) is 0 Å². The Kier molecular flexibility index (Phi) is 5.74. The van der Waals surface area contributed by atoms with Gasteiger partial charge in [0.15, 0.2) is 0 Å². The molecule has 0 unspecified atom stereocenters. The van der Waals surface area contributed by atoms with Crippen molar-refractivity contribution in [1.82, 2.24) is 10.3 Å². The molecule has 0 radical (unpaired) electrons. The van der Waals surface area contributed by atoms with E-state index in [4.69, 9.17) is 0 Å². The number of hydrogen-bond donors (Lipinski definition) is 1. The summed E-state index contributed by atoms with van der Waals surface area (Å²) in [5.41, 5.74) is 3.17. The highest BCUT2D eigenvalue weighted by Gasteiger charge is 2.12. The molecular weight excluding hydrogens is 286 g/mol. The smallest absolute Gasteiger partial charge is 0.255 e. The summed E-state index contributed by atoms with van der Waals surface area (Å²) in [4.78, 5) is 18.4. The third kappa shape index (κ3) is 4.55. The maximum atomic E-state index is 12.3. The average Bonchev–Trinajstić information content (AvgIpc) is 2.55. The number of nitrogens with zero attached hydrogens (tertiary/aromatic N) is 2. The number of benzene rings is 1. The van der Waals surface area contributed by atoms with Gasteiger partial charge in [0.05, 0.1) is 5.56 Å². The van der Waals surface area contributed by atoms with Gasteiger partial charge in [-0.05, 0) is 35.6 Å². The zero-order valence-corrected chi connectivity index (χ0v) is 14.3. The van der Waals surface area contributed by atoms with Crippen LogP contribution < -0.4 is 10.2 Å². The second-order valence-corrected chi connectivity index (χ2v) is 6.17. The third-order valence-electron chi connectivity index (χ3n) is 3.80. The van der Waals surface area contributed by atoms with Crippen molar-refractivity contribution in [2.45, 2.75) is 26.2 Å². The highest BCUT2D eigenvalue weighted by atomic mass is 16.1. The van der Waals surface area contributed by atoms with Crippen molar-refractivity contribution in [1.29, 1.82) is 0 Å². The standard InChI is InChI=1S/C19H25N3O/c1-14(2)16-9-7-15(8-10-16)11-13-21-19(23)17-6-5-12-20-18(17)22(3)4/h5-10,12,14H,11,13H2,1-4H3,(H,21,23). The lowest BCUT2D eigenvalue weighted by Crippen LogP contribution is -2.28. The lowest BCUT2D eigenvalue weighted by molar-refractivity contribution is 0.0954. The summed E-state index contributed by atoms with van der Waals surface area (Å²) in [6.07, 6.45) is 2.52. The molecule has 0 aliphatic rings. The number of carbonyl (C=O) groups is 1. The van der Waals surface area contributed by atoms with Crippen LogP contribution in [0.1, 0.15) is 41.3 Å². The number of hydrogen-bond acceptors (Lipinski definition) is 3. The summed E-state index contributed by atoms with van der Waals surface area (Å²) >= 11 is 0. The van der Waals surface area contributed by atoms with E-state index in [-0.39, 0.29) is 5.91 Å². The lowest BCUT2D eigenvalue weighted by Gasteiger charge is -2.15. The number of rotatable bonds is 6. The van der Waals surface area contributed by atoms with Crippen LogP contribution in [0.3, 0.4) is 0 Å². The van der Waals surface area contributed by atoms with Gasteiger partial charge in [0.2, 0.25) is 0 Å². The number of anilines is 1. The summed E-state index contributed by atoms with van der Waals surface area (Å²) < 4.78 is 0. The van der Waals surface area contributed by atoms with Gasteiger partial charge in [-0.2, -0.15) is 0 Å². The van der Waals surface area contributed by atoms with E-state index in [2.05, 4.69) is 48.4 Å². The van der Waals surface area contributed by atoms with E-state index in [0.717, 1.165) is 6.42 Å². The second kappa shape index (κ2) is 7.77. The first-order chi connectivity index (χ1) is 11.0. The normalized spacial score (nSPS) is 10.7. The molecule has 4 heteroatoms. The minimum Gasteiger partial charge on any atom is -0.362 e. The monoisotopic (exact) mass is 311 g/mol. The quantitative estimate of drug-likeness (QED) is 0.891. The molecule has 2 rings (SSSR count). The van der Waals surface area contributed by atoms with Crippen LogP contribution in [0, 0.1) is 0 Å². The summed E-state index contributed by atoms with van der Waals surface area (Å²) in [7, 11) is 3.77. The molecule has 0 saturated carbocycles. The molecule has 1 amide bonds. The van der Waals surface area contributed by atoms with Crippen molar-refractivity contribution in [3.05, 3.63) is 59.3 Å². The molecule has 0 spiro atoms. The molecule has 2 aromatic rings. The van der Waals surface area contributed by atoms with Crippen LogP contribution >= 0.6 is 0 Å². The minimum absolute atomic E-state index is 0.0828. The van der Waals surface area contributed by atoms with Crippen LogP contribution in [0.25, 0.3) is 0 Å². The molecule has 1 aromatic heterocycles. The minimum atomic E-state index is -0.0828. The first-order valence-electron chi connectivity index (χ1n) is 7.98. The number of pyridine rings is 1. The molecular formula is C19H25N3O. The van der Waals surface area contributed by atoms with E-state index in [1.165, 1.54) is 11.1 Å². The van der Waals surface area contributed by atoms with Crippen LogP contribution in [0.4, 0.5) is 5.82 Å². The molecule has 122 valence electrons. The average molecular weight is 311 g/mol. The van der Waals surface area contributed by atoms with E-state index < -0.39 is 0 Å². The Labute approximate surface area is 138 Å². The van der Waals surface area contributed by atoms with Crippen molar-refractivity contribution < 1.29 is 4.79 Å². The fraction of sp³-hybridized carbons (Fsp3) is 0.368. The first kappa shape index (κ1) is 17.0. The van der Waals surface area contributed by atoms with Gasteiger partial charge in [-0.3, -0.25) is 4.79 Å². The predicted molar refractivity (Wildman–Crippen MR) is 95.1 cm³/mol. The fourth-order valence-corrected chi connectivity index (χ4v) is 2.42. The van der Waals surface area contributed by atoms with Crippen molar-refractivity contribution in [2.75, 3.05) is 25.5 Å². The molecule has 0 saturated heterocycles. The summed E-state index contributed by atoms with van der Waals surface area (Å²) in [6, 6.07) is 12.2. The summed E-state index contributed by atoms with van der Waals surface area (Å²) in [5, 5.41) is 2.97. The Morgan fingerprint density at radius 3 is 2.48 bits per heavy atom. The first-order valence-corrected chi connectivity index (χ1v) is 7.98. The lowest BCUT2D eigenvalue weighted by atomic mass is 10.0. The number of nitrogens with one attached hydrogen (secondary N) is 1. The Balaban J connectivity index is 1.92. The number of aromatic nitrogens is 1. The topological polar surface area (TPSA) is 45.2 Å². The van der Waals surface area contributed by atoms with E-state index in [1.807, 2.05) is 19.0 Å². The Morgan fingerprint density at radius 1 is 1.17 bits per heavy atom. The highest BCUT2D eigenvalue weighted by Crippen LogP contribution is 2.15. The van der Waals surface area contributed by atoms with E-state index in [1.54, 1.807) is 18.3 Å². The Hall–Kier alpha value is -2.36. The largest absolute Gasteiger partial charge is 0.362 e. The van der Waals surface area contributed by atoms with Crippen molar-refractivity contribution >= 4 is 11.7 Å². The van der Waals surface area contributed by atoms with Gasteiger partial charge in [0.25, 0.3) is 5.91 Å². The van der Waals surface area contributed by atoms with Crippen LogP contribution in [0.5, 0.6) is 0 Å². The maximum absolute atomic E-state index is 12.3. The van der Waals surface area contributed by atoms with Gasteiger partial charge < -0.3 is 10.2 Å². The van der Waals surface area contributed by atoms with Gasteiger partial charge >= 0.3 is 0 Å². The second-order valence-electron chi connectivity index (χ2n) is 6.17. The number of carbonyl (C=O) groups excluding carboxylic acids is 1. The van der Waals surface area contributed by atoms with Gasteiger partial charge in [-0.15, -0.1) is 0 Å². The van der Waals surface area contributed by atoms with Crippen LogP contribution in [0.2, 0.25) is 0 Å². The third-order valence-corrected chi connectivity index (χ3v) is 3.80. The summed E-state index contributed by atoms with van der Waals surface area (Å²) in [5.74, 6) is 1.14. The van der Waals surface area contributed by atoms with Crippen molar-refractivity contribution in [2.24, 2.45) is 0 Å². The molecule has 1 aromatic carbocycles. The van der Waals surface area contributed by atoms with Gasteiger partial charge in [-0.25, -0.2) is 4.98 Å². The molecule has 0 atom stereocenters.